The number of hydrogen-bond acceptors (Lipinski definition) is 2. The summed E-state index contributed by atoms with van der Waals surface area (Å²) in [5.41, 5.74) is 4.52. The zero-order valence-electron chi connectivity index (χ0n) is 16.0. The van der Waals surface area contributed by atoms with E-state index in [0.717, 1.165) is 16.5 Å². The van der Waals surface area contributed by atoms with Gasteiger partial charge in [-0.15, -0.1) is 0 Å². The molecule has 0 fully saturated rings. The van der Waals surface area contributed by atoms with E-state index in [0.29, 0.717) is 33.0 Å². The van der Waals surface area contributed by atoms with Crippen LogP contribution in [0.1, 0.15) is 37.5 Å². The van der Waals surface area contributed by atoms with Crippen LogP contribution in [0.5, 0.6) is 0 Å². The largest absolute Gasteiger partial charge is 0.350 e. The molecule has 0 spiro atoms. The number of aryl methyl sites for hydroxylation is 1. The van der Waals surface area contributed by atoms with E-state index in [4.69, 9.17) is 11.6 Å². The van der Waals surface area contributed by atoms with E-state index in [1.165, 1.54) is 0 Å². The van der Waals surface area contributed by atoms with E-state index in [-0.39, 0.29) is 11.7 Å². The van der Waals surface area contributed by atoms with Crippen molar-refractivity contribution in [1.82, 2.24) is 4.98 Å². The number of amides is 1. The maximum absolute atomic E-state index is 13.1. The molecule has 0 aliphatic rings. The number of carbonyl (C=O) groups is 2. The quantitative estimate of drug-likeness (QED) is 0.416. The summed E-state index contributed by atoms with van der Waals surface area (Å²) in [6, 6.07) is 19.8. The molecule has 144 valence electrons. The molecular formula is C24H19ClN2O2. The monoisotopic (exact) mass is 402 g/mol. The van der Waals surface area contributed by atoms with Gasteiger partial charge in [0.1, 0.15) is 5.69 Å². The van der Waals surface area contributed by atoms with Gasteiger partial charge in [0.25, 0.3) is 5.91 Å². The molecule has 0 unspecified atom stereocenters. The topological polar surface area (TPSA) is 62.0 Å². The second-order valence-electron chi connectivity index (χ2n) is 6.96. The number of H-pyrrole nitrogens is 1. The number of aromatic amines is 1. The molecule has 0 saturated heterocycles. The van der Waals surface area contributed by atoms with Crippen molar-refractivity contribution in [2.45, 2.75) is 13.8 Å². The van der Waals surface area contributed by atoms with Crippen LogP contribution < -0.4 is 5.32 Å². The van der Waals surface area contributed by atoms with Crippen LogP contribution in [-0.2, 0) is 0 Å². The van der Waals surface area contributed by atoms with E-state index in [9.17, 15) is 9.59 Å². The third-order valence-electron chi connectivity index (χ3n) is 5.11. The van der Waals surface area contributed by atoms with Crippen LogP contribution in [0.2, 0.25) is 5.02 Å². The average molecular weight is 403 g/mol. The van der Waals surface area contributed by atoms with Gasteiger partial charge in [-0.3, -0.25) is 9.59 Å². The van der Waals surface area contributed by atoms with Gasteiger partial charge in [-0.1, -0.05) is 54.1 Å². The van der Waals surface area contributed by atoms with E-state index < -0.39 is 0 Å². The van der Waals surface area contributed by atoms with Crippen LogP contribution in [0.15, 0.2) is 66.7 Å². The lowest BCUT2D eigenvalue weighted by Crippen LogP contribution is -2.16. The van der Waals surface area contributed by atoms with Crippen molar-refractivity contribution in [3.05, 3.63) is 99.7 Å². The fourth-order valence-electron chi connectivity index (χ4n) is 3.38. The number of nitrogens with one attached hydrogen (secondary N) is 2. The second-order valence-corrected chi connectivity index (χ2v) is 7.40. The first kappa shape index (κ1) is 19.0. The summed E-state index contributed by atoms with van der Waals surface area (Å²) in [6.07, 6.45) is 0. The Morgan fingerprint density at radius 3 is 2.45 bits per heavy atom. The van der Waals surface area contributed by atoms with E-state index in [1.54, 1.807) is 48.5 Å². The van der Waals surface area contributed by atoms with Gasteiger partial charge >= 0.3 is 0 Å². The lowest BCUT2D eigenvalue weighted by atomic mass is 10.0. The molecule has 4 rings (SSSR count). The van der Waals surface area contributed by atoms with Gasteiger partial charge in [-0.2, -0.15) is 0 Å². The number of anilines is 1. The fraction of sp³-hybridized carbons (Fsp3) is 0.0833. The molecule has 2 N–H and O–H groups in total. The highest BCUT2D eigenvalue weighted by molar-refractivity contribution is 6.31. The molecule has 5 heteroatoms. The van der Waals surface area contributed by atoms with Gasteiger partial charge in [0, 0.05) is 27.1 Å². The minimum absolute atomic E-state index is 0.200. The molecule has 0 atom stereocenters. The summed E-state index contributed by atoms with van der Waals surface area (Å²) < 4.78 is 0. The Labute approximate surface area is 173 Å². The van der Waals surface area contributed by atoms with Gasteiger partial charge in [-0.25, -0.2) is 0 Å². The third-order valence-corrected chi connectivity index (χ3v) is 5.35. The smallest absolute Gasteiger partial charge is 0.256 e. The Kier molecular flexibility index (Phi) is 4.95. The molecule has 0 radical (unpaired) electrons. The summed E-state index contributed by atoms with van der Waals surface area (Å²) in [5, 5.41) is 4.23. The van der Waals surface area contributed by atoms with E-state index >= 15 is 0 Å². The summed E-state index contributed by atoms with van der Waals surface area (Å²) in [5.74, 6) is -0.460. The number of aromatic nitrogens is 1. The van der Waals surface area contributed by atoms with Gasteiger partial charge < -0.3 is 10.3 Å². The van der Waals surface area contributed by atoms with Gasteiger partial charge in [0.05, 0.1) is 5.69 Å². The van der Waals surface area contributed by atoms with Crippen molar-refractivity contribution < 1.29 is 9.59 Å². The standard InChI is InChI=1S/C24H19ClN2O2/c1-14-7-6-10-18(15(14)2)24(29)27-21-19-12-11-17(25)13-20(19)26-22(21)23(28)16-8-4-3-5-9-16/h3-13,26H,1-2H3,(H,27,29). The normalized spacial score (nSPS) is 10.9. The lowest BCUT2D eigenvalue weighted by molar-refractivity contribution is 0.102. The summed E-state index contributed by atoms with van der Waals surface area (Å²) in [7, 11) is 0. The van der Waals surface area contributed by atoms with E-state index in [1.807, 2.05) is 32.0 Å². The van der Waals surface area contributed by atoms with Crippen LogP contribution in [0.25, 0.3) is 10.9 Å². The number of fused-ring (bicyclic) bond motifs is 1. The predicted molar refractivity (Wildman–Crippen MR) is 117 cm³/mol. The molecule has 4 nitrogen and oxygen atoms in total. The maximum Gasteiger partial charge on any atom is 0.256 e. The molecule has 4 aromatic rings. The predicted octanol–water partition coefficient (Wildman–Crippen LogP) is 5.92. The maximum atomic E-state index is 13.1. The molecule has 3 aromatic carbocycles. The number of carbonyl (C=O) groups excluding carboxylic acids is 2. The highest BCUT2D eigenvalue weighted by atomic mass is 35.5. The number of rotatable bonds is 4. The Balaban J connectivity index is 1.83. The Bertz CT molecular complexity index is 1240. The first-order chi connectivity index (χ1) is 14.0. The first-order valence-electron chi connectivity index (χ1n) is 9.24. The molecule has 1 amide bonds. The second kappa shape index (κ2) is 7.57. The minimum Gasteiger partial charge on any atom is -0.350 e. The van der Waals surface area contributed by atoms with Gasteiger partial charge in [-0.05, 0) is 49.2 Å². The van der Waals surface area contributed by atoms with Crippen LogP contribution in [-0.4, -0.2) is 16.7 Å². The molecule has 1 heterocycles. The van der Waals surface area contributed by atoms with Crippen molar-refractivity contribution in [3.63, 3.8) is 0 Å². The van der Waals surface area contributed by atoms with Crippen molar-refractivity contribution in [2.75, 3.05) is 5.32 Å². The molecular weight excluding hydrogens is 384 g/mol. The molecule has 0 saturated carbocycles. The van der Waals surface area contributed by atoms with Crippen molar-refractivity contribution in [1.29, 1.82) is 0 Å². The van der Waals surface area contributed by atoms with Crippen LogP contribution in [0.4, 0.5) is 5.69 Å². The highest BCUT2D eigenvalue weighted by Gasteiger charge is 2.22. The van der Waals surface area contributed by atoms with Crippen molar-refractivity contribution >= 4 is 39.9 Å². The minimum atomic E-state index is -0.260. The first-order valence-corrected chi connectivity index (χ1v) is 9.62. The number of ketones is 1. The zero-order valence-corrected chi connectivity index (χ0v) is 16.8. The molecule has 0 aliphatic carbocycles. The average Bonchev–Trinajstić information content (AvgIpc) is 3.07. The van der Waals surface area contributed by atoms with Gasteiger partial charge in [0.2, 0.25) is 5.78 Å². The Morgan fingerprint density at radius 1 is 0.931 bits per heavy atom. The van der Waals surface area contributed by atoms with Crippen molar-refractivity contribution in [2.24, 2.45) is 0 Å². The molecule has 29 heavy (non-hydrogen) atoms. The highest BCUT2D eigenvalue weighted by Crippen LogP contribution is 2.32. The van der Waals surface area contributed by atoms with E-state index in [2.05, 4.69) is 10.3 Å². The molecule has 1 aromatic heterocycles. The fourth-order valence-corrected chi connectivity index (χ4v) is 3.55. The number of hydrogen-bond donors (Lipinski definition) is 2. The van der Waals surface area contributed by atoms with Crippen molar-refractivity contribution in [3.8, 4) is 0 Å². The van der Waals surface area contributed by atoms with Gasteiger partial charge in [0.15, 0.2) is 0 Å². The summed E-state index contributed by atoms with van der Waals surface area (Å²) in [6.45, 7) is 3.87. The SMILES string of the molecule is Cc1cccc(C(=O)Nc2c(C(=O)c3ccccc3)[nH]c3cc(Cl)ccc23)c1C. The molecule has 0 aliphatic heterocycles. The Hall–Kier alpha value is -3.37. The van der Waals surface area contributed by atoms with Crippen LogP contribution >= 0.6 is 11.6 Å². The van der Waals surface area contributed by atoms with Crippen LogP contribution in [0, 0.1) is 13.8 Å². The summed E-state index contributed by atoms with van der Waals surface area (Å²) >= 11 is 6.12. The number of benzene rings is 3. The third kappa shape index (κ3) is 3.55. The number of halogens is 1. The zero-order chi connectivity index (χ0) is 20.5. The Morgan fingerprint density at radius 2 is 1.69 bits per heavy atom. The summed E-state index contributed by atoms with van der Waals surface area (Å²) in [4.78, 5) is 29.3. The molecule has 0 bridgehead atoms. The van der Waals surface area contributed by atoms with Crippen LogP contribution in [0.3, 0.4) is 0 Å². The lowest BCUT2D eigenvalue weighted by Gasteiger charge is -2.11.